The van der Waals surface area contributed by atoms with Gasteiger partial charge < -0.3 is 9.25 Å². The van der Waals surface area contributed by atoms with E-state index >= 15 is 0 Å². The zero-order chi connectivity index (χ0) is 23.6. The van der Waals surface area contributed by atoms with Gasteiger partial charge in [0, 0.05) is 32.0 Å². The van der Waals surface area contributed by atoms with Crippen molar-refractivity contribution in [3.05, 3.63) is 32.4 Å². The minimum atomic E-state index is -3.30. The molecular formula is C22H30N4O6S. The number of piperidine rings is 1. The van der Waals surface area contributed by atoms with Crippen LogP contribution in [0.5, 0.6) is 6.01 Å². The van der Waals surface area contributed by atoms with E-state index in [2.05, 4.69) is 22.0 Å². The maximum absolute atomic E-state index is 12.8. The minimum absolute atomic E-state index is 0.101. The van der Waals surface area contributed by atoms with Crippen molar-refractivity contribution in [3.8, 4) is 6.01 Å². The van der Waals surface area contributed by atoms with E-state index in [0.717, 1.165) is 25.7 Å². The van der Waals surface area contributed by atoms with Crippen LogP contribution in [0.3, 0.4) is 0 Å². The fourth-order valence-corrected chi connectivity index (χ4v) is 6.45. The molecule has 0 aromatic carbocycles. The SMILES string of the molecule is CCc1cc(=O)oc2nc(ON=C3CCN(S(=O)(=O)CC4CCC(C)CC4)CC3)[nH]c(=O)c12. The van der Waals surface area contributed by atoms with Gasteiger partial charge in [-0.05, 0) is 36.7 Å². The highest BCUT2D eigenvalue weighted by Gasteiger charge is 2.30. The number of hydrogen-bond acceptors (Lipinski definition) is 8. The minimum Gasteiger partial charge on any atom is -0.403 e. The van der Waals surface area contributed by atoms with Crippen LogP contribution in [0.15, 0.2) is 25.2 Å². The van der Waals surface area contributed by atoms with Crippen LogP contribution < -0.4 is 16.0 Å². The van der Waals surface area contributed by atoms with E-state index in [1.165, 1.54) is 6.07 Å². The van der Waals surface area contributed by atoms with Crippen molar-refractivity contribution in [2.24, 2.45) is 17.0 Å². The van der Waals surface area contributed by atoms with E-state index in [1.54, 1.807) is 4.31 Å². The van der Waals surface area contributed by atoms with Gasteiger partial charge in [-0.1, -0.05) is 31.8 Å². The Kier molecular flexibility index (Phi) is 6.99. The molecule has 0 atom stereocenters. The second-order valence-corrected chi connectivity index (χ2v) is 11.1. The van der Waals surface area contributed by atoms with Gasteiger partial charge in [-0.15, -0.1) is 0 Å². The molecule has 0 unspecified atom stereocenters. The summed E-state index contributed by atoms with van der Waals surface area (Å²) in [5.41, 5.74) is 0.0554. The van der Waals surface area contributed by atoms with E-state index in [4.69, 9.17) is 9.25 Å². The van der Waals surface area contributed by atoms with E-state index in [9.17, 15) is 18.0 Å². The summed E-state index contributed by atoms with van der Waals surface area (Å²) in [6.45, 7) is 4.75. The molecule has 11 heteroatoms. The first-order valence-electron chi connectivity index (χ1n) is 11.5. The maximum atomic E-state index is 12.8. The number of rotatable bonds is 6. The highest BCUT2D eigenvalue weighted by Crippen LogP contribution is 2.30. The average Bonchev–Trinajstić information content (AvgIpc) is 2.78. The van der Waals surface area contributed by atoms with Gasteiger partial charge in [-0.25, -0.2) is 17.5 Å². The Labute approximate surface area is 192 Å². The molecule has 2 aliphatic rings. The molecule has 2 aromatic heterocycles. The first-order chi connectivity index (χ1) is 15.7. The van der Waals surface area contributed by atoms with E-state index in [-0.39, 0.29) is 28.8 Å². The van der Waals surface area contributed by atoms with E-state index in [0.29, 0.717) is 49.5 Å². The van der Waals surface area contributed by atoms with E-state index in [1.807, 2.05) is 6.92 Å². The molecule has 2 aromatic rings. The van der Waals surface area contributed by atoms with Gasteiger partial charge in [0.2, 0.25) is 15.7 Å². The van der Waals surface area contributed by atoms with Crippen molar-refractivity contribution in [2.45, 2.75) is 58.8 Å². The summed E-state index contributed by atoms with van der Waals surface area (Å²) in [6.07, 6.45) is 5.51. The molecule has 1 N–H and O–H groups in total. The Bertz CT molecular complexity index is 1250. The molecule has 180 valence electrons. The number of aryl methyl sites for hydroxylation is 1. The Morgan fingerprint density at radius 1 is 1.21 bits per heavy atom. The molecule has 1 saturated heterocycles. The molecule has 10 nitrogen and oxygen atoms in total. The summed E-state index contributed by atoms with van der Waals surface area (Å²) < 4.78 is 32.3. The summed E-state index contributed by atoms with van der Waals surface area (Å²) >= 11 is 0. The zero-order valence-corrected chi connectivity index (χ0v) is 19.8. The number of H-pyrrole nitrogens is 1. The molecule has 3 heterocycles. The lowest BCUT2D eigenvalue weighted by molar-refractivity contribution is 0.298. The number of nitrogens with one attached hydrogen (secondary N) is 1. The molecule has 0 amide bonds. The lowest BCUT2D eigenvalue weighted by atomic mass is 9.84. The molecule has 0 spiro atoms. The lowest BCUT2D eigenvalue weighted by Crippen LogP contribution is -2.41. The van der Waals surface area contributed by atoms with Gasteiger partial charge in [-0.2, -0.15) is 4.98 Å². The number of oxime groups is 1. The maximum Gasteiger partial charge on any atom is 0.337 e. The Hall–Kier alpha value is -2.53. The number of fused-ring (bicyclic) bond motifs is 1. The zero-order valence-electron chi connectivity index (χ0n) is 19.0. The fourth-order valence-electron chi connectivity index (χ4n) is 4.57. The van der Waals surface area contributed by atoms with Gasteiger partial charge in [0.1, 0.15) is 5.39 Å². The molecule has 0 radical (unpaired) electrons. The van der Waals surface area contributed by atoms with Crippen LogP contribution in [0.25, 0.3) is 11.1 Å². The van der Waals surface area contributed by atoms with Crippen LogP contribution >= 0.6 is 0 Å². The summed E-state index contributed by atoms with van der Waals surface area (Å²) in [4.78, 5) is 36.0. The van der Waals surface area contributed by atoms with Crippen molar-refractivity contribution in [2.75, 3.05) is 18.8 Å². The Balaban J connectivity index is 1.39. The molecule has 1 aliphatic carbocycles. The van der Waals surface area contributed by atoms with Gasteiger partial charge in [0.05, 0.1) is 11.5 Å². The smallest absolute Gasteiger partial charge is 0.337 e. The predicted octanol–water partition coefficient (Wildman–Crippen LogP) is 2.43. The summed E-state index contributed by atoms with van der Waals surface area (Å²) in [6, 6.07) is 1.09. The molecule has 33 heavy (non-hydrogen) atoms. The topological polar surface area (TPSA) is 135 Å². The third-order valence-electron chi connectivity index (χ3n) is 6.59. The van der Waals surface area contributed by atoms with Crippen LogP contribution in [0, 0.1) is 11.8 Å². The number of hydrogen-bond donors (Lipinski definition) is 1. The van der Waals surface area contributed by atoms with E-state index < -0.39 is 21.2 Å². The third-order valence-corrected chi connectivity index (χ3v) is 8.64. The molecule has 1 aliphatic heterocycles. The molecule has 2 fully saturated rings. The quantitative estimate of drug-likeness (QED) is 0.630. The number of sulfonamides is 1. The lowest BCUT2D eigenvalue weighted by Gasteiger charge is -2.30. The molecule has 0 bridgehead atoms. The van der Waals surface area contributed by atoms with Crippen LogP contribution in [0.4, 0.5) is 0 Å². The molecule has 4 rings (SSSR count). The first kappa shape index (κ1) is 23.6. The van der Waals surface area contributed by atoms with Crippen LogP contribution in [0.1, 0.15) is 57.9 Å². The fraction of sp³-hybridized carbons (Fsp3) is 0.636. The predicted molar refractivity (Wildman–Crippen MR) is 124 cm³/mol. The molecular weight excluding hydrogens is 448 g/mol. The summed E-state index contributed by atoms with van der Waals surface area (Å²) in [7, 11) is -3.30. The summed E-state index contributed by atoms with van der Waals surface area (Å²) in [5, 5.41) is 4.26. The second kappa shape index (κ2) is 9.76. The van der Waals surface area contributed by atoms with Crippen LogP contribution in [0.2, 0.25) is 0 Å². The Morgan fingerprint density at radius 2 is 1.91 bits per heavy atom. The number of nitrogens with zero attached hydrogens (tertiary/aromatic N) is 3. The average molecular weight is 479 g/mol. The normalized spacial score (nSPS) is 22.4. The van der Waals surface area contributed by atoms with Crippen LogP contribution in [-0.2, 0) is 16.4 Å². The Morgan fingerprint density at radius 3 is 2.58 bits per heavy atom. The van der Waals surface area contributed by atoms with Gasteiger partial charge in [0.15, 0.2) is 0 Å². The van der Waals surface area contributed by atoms with Gasteiger partial charge in [0.25, 0.3) is 5.56 Å². The van der Waals surface area contributed by atoms with Crippen molar-refractivity contribution in [1.82, 2.24) is 14.3 Å². The van der Waals surface area contributed by atoms with Crippen molar-refractivity contribution < 1.29 is 17.7 Å². The molecule has 1 saturated carbocycles. The van der Waals surface area contributed by atoms with Gasteiger partial charge >= 0.3 is 11.6 Å². The summed E-state index contributed by atoms with van der Waals surface area (Å²) in [5.74, 6) is 1.15. The second-order valence-electron chi connectivity index (χ2n) is 9.05. The van der Waals surface area contributed by atoms with Crippen molar-refractivity contribution >= 4 is 26.8 Å². The number of aromatic nitrogens is 2. The van der Waals surface area contributed by atoms with Crippen molar-refractivity contribution in [1.29, 1.82) is 0 Å². The highest BCUT2D eigenvalue weighted by molar-refractivity contribution is 7.89. The highest BCUT2D eigenvalue weighted by atomic mass is 32.2. The largest absolute Gasteiger partial charge is 0.403 e. The van der Waals surface area contributed by atoms with Gasteiger partial charge in [-0.3, -0.25) is 9.78 Å². The first-order valence-corrected chi connectivity index (χ1v) is 13.1. The van der Waals surface area contributed by atoms with Crippen molar-refractivity contribution in [3.63, 3.8) is 0 Å². The number of aromatic amines is 1. The monoisotopic (exact) mass is 478 g/mol. The van der Waals surface area contributed by atoms with Crippen LogP contribution in [-0.4, -0.2) is 47.2 Å². The third kappa shape index (κ3) is 5.52. The standard InChI is InChI=1S/C22H30N4O6S/c1-3-16-12-18(27)31-21-19(16)20(28)23-22(24-21)32-25-17-8-10-26(11-9-17)33(29,30)13-15-6-4-14(2)5-7-15/h12,14-15H,3-11,13H2,1-2H3,(H,23,24,28).